The standard InChI is InChI=1S/C19H27N3O3/c1-13(23)21-17-10-16(11-18(12-17)22-14(2)24)19(25)20-9-5-8-15-6-3-4-7-15/h10-12,15H,3-9H2,1-2H3,(H,20,25)(H,21,23)(H,22,24). The van der Waals surface area contributed by atoms with Crippen molar-refractivity contribution in [2.24, 2.45) is 5.92 Å². The summed E-state index contributed by atoms with van der Waals surface area (Å²) in [6.07, 6.45) is 7.42. The molecule has 1 saturated carbocycles. The molecule has 0 atom stereocenters. The van der Waals surface area contributed by atoms with Gasteiger partial charge in [0.2, 0.25) is 11.8 Å². The van der Waals surface area contributed by atoms with Gasteiger partial charge in [0.1, 0.15) is 0 Å². The van der Waals surface area contributed by atoms with Crippen LogP contribution in [0.1, 0.15) is 62.7 Å². The summed E-state index contributed by atoms with van der Waals surface area (Å²) >= 11 is 0. The van der Waals surface area contributed by atoms with Crippen molar-refractivity contribution in [1.29, 1.82) is 0 Å². The first kappa shape index (κ1) is 19.0. The molecular weight excluding hydrogens is 318 g/mol. The fraction of sp³-hybridized carbons (Fsp3) is 0.526. The van der Waals surface area contributed by atoms with Crippen LogP contribution in [-0.2, 0) is 9.59 Å². The summed E-state index contributed by atoms with van der Waals surface area (Å²) in [6, 6.07) is 4.84. The van der Waals surface area contributed by atoms with Crippen molar-refractivity contribution >= 4 is 29.1 Å². The van der Waals surface area contributed by atoms with Gasteiger partial charge in [-0.1, -0.05) is 25.7 Å². The zero-order valence-corrected chi connectivity index (χ0v) is 15.0. The van der Waals surface area contributed by atoms with E-state index in [-0.39, 0.29) is 17.7 Å². The molecule has 0 aromatic heterocycles. The van der Waals surface area contributed by atoms with E-state index >= 15 is 0 Å². The maximum atomic E-state index is 12.4. The predicted octanol–water partition coefficient (Wildman–Crippen LogP) is 3.30. The van der Waals surface area contributed by atoms with E-state index in [1.165, 1.54) is 39.5 Å². The normalized spacial score (nSPS) is 14.2. The van der Waals surface area contributed by atoms with E-state index in [2.05, 4.69) is 16.0 Å². The van der Waals surface area contributed by atoms with Gasteiger partial charge in [-0.25, -0.2) is 0 Å². The maximum Gasteiger partial charge on any atom is 0.251 e. The summed E-state index contributed by atoms with van der Waals surface area (Å²) < 4.78 is 0. The third-order valence-corrected chi connectivity index (χ3v) is 4.39. The second-order valence-electron chi connectivity index (χ2n) is 6.71. The van der Waals surface area contributed by atoms with Crippen LogP contribution in [0.2, 0.25) is 0 Å². The number of benzene rings is 1. The Morgan fingerprint density at radius 1 is 0.960 bits per heavy atom. The lowest BCUT2D eigenvalue weighted by Crippen LogP contribution is -2.25. The molecule has 1 fully saturated rings. The average Bonchev–Trinajstić information content (AvgIpc) is 3.03. The van der Waals surface area contributed by atoms with Gasteiger partial charge in [-0.3, -0.25) is 14.4 Å². The molecule has 136 valence electrons. The van der Waals surface area contributed by atoms with Crippen LogP contribution in [0.25, 0.3) is 0 Å². The van der Waals surface area contributed by atoms with E-state index in [4.69, 9.17) is 0 Å². The van der Waals surface area contributed by atoms with Crippen molar-refractivity contribution in [3.8, 4) is 0 Å². The molecule has 0 bridgehead atoms. The lowest BCUT2D eigenvalue weighted by atomic mass is 10.0. The molecule has 6 nitrogen and oxygen atoms in total. The van der Waals surface area contributed by atoms with Crippen LogP contribution in [0.3, 0.4) is 0 Å². The SMILES string of the molecule is CC(=O)Nc1cc(NC(C)=O)cc(C(=O)NCCCC2CCCC2)c1. The molecule has 6 heteroatoms. The van der Waals surface area contributed by atoms with Gasteiger partial charge in [0.15, 0.2) is 0 Å². The average molecular weight is 345 g/mol. The molecule has 1 aromatic carbocycles. The number of rotatable bonds is 7. The Morgan fingerprint density at radius 3 is 2.04 bits per heavy atom. The van der Waals surface area contributed by atoms with Crippen molar-refractivity contribution in [2.45, 2.75) is 52.4 Å². The van der Waals surface area contributed by atoms with Crippen molar-refractivity contribution in [3.63, 3.8) is 0 Å². The maximum absolute atomic E-state index is 12.4. The summed E-state index contributed by atoms with van der Waals surface area (Å²) in [6.45, 7) is 3.43. The molecule has 3 amide bonds. The number of carbonyl (C=O) groups excluding carboxylic acids is 3. The van der Waals surface area contributed by atoms with E-state index in [0.717, 1.165) is 18.8 Å². The van der Waals surface area contributed by atoms with Gasteiger partial charge < -0.3 is 16.0 Å². The number of hydrogen-bond donors (Lipinski definition) is 3. The third-order valence-electron chi connectivity index (χ3n) is 4.39. The molecule has 0 unspecified atom stereocenters. The Kier molecular flexibility index (Phi) is 6.98. The van der Waals surface area contributed by atoms with E-state index in [9.17, 15) is 14.4 Å². The van der Waals surface area contributed by atoms with Crippen molar-refractivity contribution < 1.29 is 14.4 Å². The second-order valence-corrected chi connectivity index (χ2v) is 6.71. The first-order valence-corrected chi connectivity index (χ1v) is 8.92. The quantitative estimate of drug-likeness (QED) is 0.663. The highest BCUT2D eigenvalue weighted by atomic mass is 16.2. The summed E-state index contributed by atoms with van der Waals surface area (Å²) in [7, 11) is 0. The van der Waals surface area contributed by atoms with Crippen molar-refractivity contribution in [3.05, 3.63) is 23.8 Å². The Morgan fingerprint density at radius 2 is 1.52 bits per heavy atom. The van der Waals surface area contributed by atoms with Gasteiger partial charge in [-0.05, 0) is 37.0 Å². The van der Waals surface area contributed by atoms with E-state index < -0.39 is 0 Å². The third kappa shape index (κ3) is 6.57. The molecule has 0 radical (unpaired) electrons. The zero-order valence-electron chi connectivity index (χ0n) is 15.0. The smallest absolute Gasteiger partial charge is 0.251 e. The van der Waals surface area contributed by atoms with E-state index in [1.54, 1.807) is 18.2 Å². The van der Waals surface area contributed by atoms with E-state index in [0.29, 0.717) is 23.5 Å². The zero-order chi connectivity index (χ0) is 18.2. The monoisotopic (exact) mass is 345 g/mol. The minimum Gasteiger partial charge on any atom is -0.352 e. The van der Waals surface area contributed by atoms with Crippen LogP contribution in [0.15, 0.2) is 18.2 Å². The second kappa shape index (κ2) is 9.20. The van der Waals surface area contributed by atoms with Crippen molar-refractivity contribution in [1.82, 2.24) is 5.32 Å². The Bertz CT molecular complexity index is 603. The summed E-state index contributed by atoms with van der Waals surface area (Å²) in [4.78, 5) is 34.9. The Labute approximate surface area is 148 Å². The van der Waals surface area contributed by atoms with Gasteiger partial charge in [-0.2, -0.15) is 0 Å². The Hall–Kier alpha value is -2.37. The molecule has 1 aliphatic carbocycles. The van der Waals surface area contributed by atoms with Gasteiger partial charge in [0.25, 0.3) is 5.91 Å². The molecular formula is C19H27N3O3. The topological polar surface area (TPSA) is 87.3 Å². The van der Waals surface area contributed by atoms with E-state index in [1.807, 2.05) is 0 Å². The van der Waals surface area contributed by atoms with Crippen LogP contribution in [-0.4, -0.2) is 24.3 Å². The van der Waals surface area contributed by atoms with Gasteiger partial charge in [0, 0.05) is 37.3 Å². The summed E-state index contributed by atoms with van der Waals surface area (Å²) in [5.74, 6) is 0.141. The van der Waals surface area contributed by atoms with Crippen LogP contribution in [0.5, 0.6) is 0 Å². The first-order valence-electron chi connectivity index (χ1n) is 8.92. The number of amides is 3. The summed E-state index contributed by atoms with van der Waals surface area (Å²) in [5.41, 5.74) is 1.38. The van der Waals surface area contributed by atoms with Crippen LogP contribution < -0.4 is 16.0 Å². The lowest BCUT2D eigenvalue weighted by molar-refractivity contribution is -0.115. The largest absolute Gasteiger partial charge is 0.352 e. The highest BCUT2D eigenvalue weighted by Crippen LogP contribution is 2.28. The molecule has 0 spiro atoms. The number of hydrogen-bond acceptors (Lipinski definition) is 3. The van der Waals surface area contributed by atoms with Gasteiger partial charge in [0.05, 0.1) is 0 Å². The molecule has 1 aromatic rings. The number of carbonyl (C=O) groups is 3. The van der Waals surface area contributed by atoms with Gasteiger partial charge >= 0.3 is 0 Å². The molecule has 0 heterocycles. The van der Waals surface area contributed by atoms with Crippen molar-refractivity contribution in [2.75, 3.05) is 17.2 Å². The molecule has 1 aliphatic rings. The molecule has 2 rings (SSSR count). The number of anilines is 2. The lowest BCUT2D eigenvalue weighted by Gasteiger charge is -2.12. The Balaban J connectivity index is 1.95. The summed E-state index contributed by atoms with van der Waals surface area (Å²) in [5, 5.41) is 8.22. The highest BCUT2D eigenvalue weighted by molar-refractivity contribution is 5.99. The van der Waals surface area contributed by atoms with Crippen LogP contribution in [0.4, 0.5) is 11.4 Å². The van der Waals surface area contributed by atoms with Crippen LogP contribution in [0, 0.1) is 5.92 Å². The number of nitrogens with one attached hydrogen (secondary N) is 3. The minimum atomic E-state index is -0.233. The fourth-order valence-electron chi connectivity index (χ4n) is 3.30. The fourth-order valence-corrected chi connectivity index (χ4v) is 3.30. The molecule has 3 N–H and O–H groups in total. The van der Waals surface area contributed by atoms with Crippen LogP contribution >= 0.6 is 0 Å². The minimum absolute atomic E-state index is 0.203. The predicted molar refractivity (Wildman–Crippen MR) is 98.6 cm³/mol. The highest BCUT2D eigenvalue weighted by Gasteiger charge is 2.15. The molecule has 25 heavy (non-hydrogen) atoms. The van der Waals surface area contributed by atoms with Gasteiger partial charge in [-0.15, -0.1) is 0 Å². The molecule has 0 saturated heterocycles. The first-order chi connectivity index (χ1) is 11.9. The molecule has 0 aliphatic heterocycles.